The first-order valence-corrected chi connectivity index (χ1v) is 4.92. The van der Waals surface area contributed by atoms with Crippen LogP contribution >= 0.6 is 0 Å². The third kappa shape index (κ3) is 2.60. The molecule has 0 radical (unpaired) electrons. The van der Waals surface area contributed by atoms with Crippen LogP contribution in [0.5, 0.6) is 5.75 Å². The number of aromatic amines is 1. The standard InChI is InChI=1S/C9H11N5O3/c1-16-7-8(11-4-12-9(7)15)10-3-2-6-13-5-17-14-6/h4-5H,2-3H2,1H3,(H2,10,11,12,15). The Kier molecular flexibility index (Phi) is 3.34. The summed E-state index contributed by atoms with van der Waals surface area (Å²) in [6.45, 7) is 0.520. The van der Waals surface area contributed by atoms with Gasteiger partial charge >= 0.3 is 0 Å². The second kappa shape index (κ2) is 5.10. The summed E-state index contributed by atoms with van der Waals surface area (Å²) in [5, 5.41) is 6.63. The van der Waals surface area contributed by atoms with Gasteiger partial charge in [0.1, 0.15) is 0 Å². The molecule has 2 N–H and O–H groups in total. The molecule has 8 heteroatoms. The molecule has 0 saturated carbocycles. The summed E-state index contributed by atoms with van der Waals surface area (Å²) >= 11 is 0. The van der Waals surface area contributed by atoms with Crippen molar-refractivity contribution < 1.29 is 9.26 Å². The highest BCUT2D eigenvalue weighted by molar-refractivity contribution is 5.47. The average Bonchev–Trinajstić information content (AvgIpc) is 2.82. The van der Waals surface area contributed by atoms with Crippen LogP contribution in [0.15, 0.2) is 22.0 Å². The van der Waals surface area contributed by atoms with Gasteiger partial charge in [-0.2, -0.15) is 4.98 Å². The van der Waals surface area contributed by atoms with Crippen LogP contribution in [0.4, 0.5) is 5.82 Å². The Balaban J connectivity index is 1.99. The fourth-order valence-corrected chi connectivity index (χ4v) is 1.30. The lowest BCUT2D eigenvalue weighted by Crippen LogP contribution is -2.15. The van der Waals surface area contributed by atoms with Crippen LogP contribution in [0.3, 0.4) is 0 Å². The van der Waals surface area contributed by atoms with Crippen molar-refractivity contribution in [3.63, 3.8) is 0 Å². The molecule has 2 rings (SSSR count). The van der Waals surface area contributed by atoms with Crippen molar-refractivity contribution >= 4 is 5.82 Å². The van der Waals surface area contributed by atoms with Crippen molar-refractivity contribution in [3.8, 4) is 5.75 Å². The highest BCUT2D eigenvalue weighted by atomic mass is 16.5. The van der Waals surface area contributed by atoms with Gasteiger partial charge in [0.2, 0.25) is 12.1 Å². The quantitative estimate of drug-likeness (QED) is 0.742. The zero-order valence-corrected chi connectivity index (χ0v) is 9.14. The van der Waals surface area contributed by atoms with E-state index in [4.69, 9.17) is 4.74 Å². The van der Waals surface area contributed by atoms with Gasteiger partial charge in [-0.05, 0) is 0 Å². The van der Waals surface area contributed by atoms with E-state index in [1.807, 2.05) is 0 Å². The number of ether oxygens (including phenoxy) is 1. The van der Waals surface area contributed by atoms with Crippen molar-refractivity contribution in [2.45, 2.75) is 6.42 Å². The molecule has 0 aliphatic rings. The SMILES string of the molecule is COc1c(NCCc2ncon2)nc[nH]c1=O. The smallest absolute Gasteiger partial charge is 0.295 e. The summed E-state index contributed by atoms with van der Waals surface area (Å²) in [6.07, 6.45) is 3.14. The number of nitrogens with zero attached hydrogens (tertiary/aromatic N) is 3. The van der Waals surface area contributed by atoms with Gasteiger partial charge in [0.05, 0.1) is 13.4 Å². The van der Waals surface area contributed by atoms with Crippen LogP contribution in [-0.2, 0) is 6.42 Å². The van der Waals surface area contributed by atoms with Crippen LogP contribution in [0, 0.1) is 0 Å². The summed E-state index contributed by atoms with van der Waals surface area (Å²) < 4.78 is 9.54. The number of H-pyrrole nitrogens is 1. The summed E-state index contributed by atoms with van der Waals surface area (Å²) in [5.74, 6) is 1.13. The fraction of sp³-hybridized carbons (Fsp3) is 0.333. The number of hydrogen-bond acceptors (Lipinski definition) is 7. The molecule has 8 nitrogen and oxygen atoms in total. The highest BCUT2D eigenvalue weighted by Gasteiger charge is 2.08. The molecule has 90 valence electrons. The van der Waals surface area contributed by atoms with Crippen LogP contribution < -0.4 is 15.6 Å². The van der Waals surface area contributed by atoms with Gasteiger partial charge in [0, 0.05) is 13.0 Å². The Morgan fingerprint density at radius 2 is 2.41 bits per heavy atom. The molecule has 2 aromatic heterocycles. The van der Waals surface area contributed by atoms with Gasteiger partial charge in [-0.25, -0.2) is 4.98 Å². The predicted octanol–water partition coefficient (Wildman–Crippen LogP) is -0.184. The van der Waals surface area contributed by atoms with E-state index < -0.39 is 0 Å². The predicted molar refractivity (Wildman–Crippen MR) is 57.9 cm³/mol. The zero-order valence-electron chi connectivity index (χ0n) is 9.14. The molecule has 0 fully saturated rings. The maximum atomic E-state index is 11.4. The van der Waals surface area contributed by atoms with Crippen molar-refractivity contribution in [1.82, 2.24) is 20.1 Å². The number of rotatable bonds is 5. The van der Waals surface area contributed by atoms with E-state index in [1.165, 1.54) is 19.8 Å². The van der Waals surface area contributed by atoms with Crippen LogP contribution in [0.25, 0.3) is 0 Å². The van der Waals surface area contributed by atoms with Crippen molar-refractivity contribution in [3.05, 3.63) is 28.9 Å². The minimum atomic E-state index is -0.329. The van der Waals surface area contributed by atoms with Crippen molar-refractivity contribution in [1.29, 1.82) is 0 Å². The third-order valence-electron chi connectivity index (χ3n) is 2.06. The van der Waals surface area contributed by atoms with E-state index in [9.17, 15) is 4.79 Å². The lowest BCUT2D eigenvalue weighted by atomic mass is 10.4. The fourth-order valence-electron chi connectivity index (χ4n) is 1.30. The summed E-state index contributed by atoms with van der Waals surface area (Å²) in [7, 11) is 1.41. The molecule has 2 aromatic rings. The third-order valence-corrected chi connectivity index (χ3v) is 2.06. The number of anilines is 1. The van der Waals surface area contributed by atoms with E-state index in [2.05, 4.69) is 29.9 Å². The van der Waals surface area contributed by atoms with Crippen LogP contribution in [-0.4, -0.2) is 33.8 Å². The molecule has 0 atom stereocenters. The summed E-state index contributed by atoms with van der Waals surface area (Å²) in [5.41, 5.74) is -0.329. The Labute approximate surface area is 96.0 Å². The first-order chi connectivity index (χ1) is 8.31. The highest BCUT2D eigenvalue weighted by Crippen LogP contribution is 2.13. The number of aromatic nitrogens is 4. The van der Waals surface area contributed by atoms with E-state index in [1.54, 1.807) is 0 Å². The van der Waals surface area contributed by atoms with E-state index >= 15 is 0 Å². The van der Waals surface area contributed by atoms with E-state index in [0.29, 0.717) is 24.6 Å². The van der Waals surface area contributed by atoms with Gasteiger partial charge in [-0.1, -0.05) is 5.16 Å². The Morgan fingerprint density at radius 1 is 1.53 bits per heavy atom. The van der Waals surface area contributed by atoms with Gasteiger partial charge < -0.3 is 19.6 Å². The first-order valence-electron chi connectivity index (χ1n) is 4.92. The van der Waals surface area contributed by atoms with Crippen LogP contribution in [0.1, 0.15) is 5.82 Å². The monoisotopic (exact) mass is 237 g/mol. The molecule has 0 spiro atoms. The van der Waals surface area contributed by atoms with Crippen LogP contribution in [0.2, 0.25) is 0 Å². The summed E-state index contributed by atoms with van der Waals surface area (Å²) in [4.78, 5) is 21.6. The number of nitrogens with one attached hydrogen (secondary N) is 2. The zero-order chi connectivity index (χ0) is 12.1. The second-order valence-electron chi connectivity index (χ2n) is 3.14. The molecule has 2 heterocycles. The minimum absolute atomic E-state index is 0.153. The molecule has 0 aromatic carbocycles. The van der Waals surface area contributed by atoms with Gasteiger partial charge in [-0.3, -0.25) is 4.79 Å². The molecule has 0 aliphatic carbocycles. The lowest BCUT2D eigenvalue weighted by molar-refractivity contribution is 0.407. The maximum Gasteiger partial charge on any atom is 0.295 e. The summed E-state index contributed by atoms with van der Waals surface area (Å²) in [6, 6.07) is 0. The van der Waals surface area contributed by atoms with Gasteiger partial charge in [0.25, 0.3) is 5.56 Å². The molecule has 17 heavy (non-hydrogen) atoms. The molecule has 0 unspecified atom stereocenters. The average molecular weight is 237 g/mol. The Bertz CT molecular complexity index is 522. The lowest BCUT2D eigenvalue weighted by Gasteiger charge is -2.07. The minimum Gasteiger partial charge on any atom is -0.489 e. The second-order valence-corrected chi connectivity index (χ2v) is 3.14. The number of methoxy groups -OCH3 is 1. The van der Waals surface area contributed by atoms with Crippen molar-refractivity contribution in [2.24, 2.45) is 0 Å². The maximum absolute atomic E-state index is 11.4. The molecule has 0 saturated heterocycles. The molecule has 0 bridgehead atoms. The van der Waals surface area contributed by atoms with Gasteiger partial charge in [0.15, 0.2) is 11.6 Å². The number of hydrogen-bond donors (Lipinski definition) is 2. The van der Waals surface area contributed by atoms with Gasteiger partial charge in [-0.15, -0.1) is 0 Å². The molecular formula is C9H11N5O3. The Morgan fingerprint density at radius 3 is 3.12 bits per heavy atom. The largest absolute Gasteiger partial charge is 0.489 e. The van der Waals surface area contributed by atoms with E-state index in [-0.39, 0.29) is 11.3 Å². The topological polar surface area (TPSA) is 106 Å². The Hall–Kier alpha value is -2.38. The molecule has 0 amide bonds. The first kappa shape index (κ1) is 11.1. The molecular weight excluding hydrogens is 226 g/mol. The van der Waals surface area contributed by atoms with Crippen molar-refractivity contribution in [2.75, 3.05) is 19.0 Å². The van der Waals surface area contributed by atoms with E-state index in [0.717, 1.165) is 0 Å². The normalized spacial score (nSPS) is 10.2. The molecule has 0 aliphatic heterocycles.